The molecule has 1 unspecified atom stereocenters. The molecule has 0 aliphatic heterocycles. The van der Waals surface area contributed by atoms with Gasteiger partial charge in [0.2, 0.25) is 0 Å². The highest BCUT2D eigenvalue weighted by molar-refractivity contribution is 5.31. The van der Waals surface area contributed by atoms with Crippen LogP contribution < -0.4 is 10.1 Å². The summed E-state index contributed by atoms with van der Waals surface area (Å²) >= 11 is 0. The normalized spacial score (nSPS) is 15.5. The molecule has 2 aromatic rings. The van der Waals surface area contributed by atoms with E-state index >= 15 is 0 Å². The van der Waals surface area contributed by atoms with E-state index in [9.17, 15) is 4.39 Å². The fraction of sp³-hybridized carbons (Fsp3) is 0.389. The van der Waals surface area contributed by atoms with Gasteiger partial charge in [-0.2, -0.15) is 0 Å². The third-order valence-corrected chi connectivity index (χ3v) is 3.99. The van der Waals surface area contributed by atoms with E-state index in [-0.39, 0.29) is 11.9 Å². The summed E-state index contributed by atoms with van der Waals surface area (Å²) in [7, 11) is 0. The monoisotopic (exact) mass is 300 g/mol. The van der Waals surface area contributed by atoms with Crippen molar-refractivity contribution in [3.63, 3.8) is 0 Å². The molecule has 22 heavy (non-hydrogen) atoms. The Morgan fingerprint density at radius 3 is 2.73 bits per heavy atom. The highest BCUT2D eigenvalue weighted by Crippen LogP contribution is 2.30. The van der Waals surface area contributed by atoms with Crippen molar-refractivity contribution in [1.82, 2.24) is 10.3 Å². The zero-order valence-electron chi connectivity index (χ0n) is 12.8. The summed E-state index contributed by atoms with van der Waals surface area (Å²) in [6.45, 7) is 3.39. The van der Waals surface area contributed by atoms with Gasteiger partial charge in [0.05, 0.1) is 6.61 Å². The van der Waals surface area contributed by atoms with Crippen LogP contribution in [-0.4, -0.2) is 11.6 Å². The van der Waals surface area contributed by atoms with Crippen molar-refractivity contribution < 1.29 is 9.13 Å². The largest absolute Gasteiger partial charge is 0.490 e. The van der Waals surface area contributed by atoms with E-state index in [0.717, 1.165) is 17.7 Å². The predicted molar refractivity (Wildman–Crippen MR) is 84.1 cm³/mol. The van der Waals surface area contributed by atoms with Crippen LogP contribution in [0.15, 0.2) is 42.7 Å². The summed E-state index contributed by atoms with van der Waals surface area (Å²) in [5.41, 5.74) is 2.08. The predicted octanol–water partition coefficient (Wildman–Crippen LogP) is 3.86. The highest BCUT2D eigenvalue weighted by Gasteiger charge is 2.22. The molecule has 3 rings (SSSR count). The van der Waals surface area contributed by atoms with Gasteiger partial charge in [-0.3, -0.25) is 4.98 Å². The number of rotatable bonds is 7. The van der Waals surface area contributed by atoms with E-state index in [1.807, 2.05) is 25.1 Å². The Labute approximate surface area is 130 Å². The molecule has 1 saturated carbocycles. The number of hydrogen-bond acceptors (Lipinski definition) is 3. The average molecular weight is 300 g/mol. The van der Waals surface area contributed by atoms with Crippen LogP contribution in [0.5, 0.6) is 5.75 Å². The number of ether oxygens (including phenoxy) is 1. The smallest absolute Gasteiger partial charge is 0.165 e. The van der Waals surface area contributed by atoms with Crippen LogP contribution in [0.4, 0.5) is 4.39 Å². The lowest BCUT2D eigenvalue weighted by atomic mass is 10.1. The lowest BCUT2D eigenvalue weighted by Gasteiger charge is -2.15. The summed E-state index contributed by atoms with van der Waals surface area (Å²) < 4.78 is 19.6. The first-order valence-electron chi connectivity index (χ1n) is 7.77. The quantitative estimate of drug-likeness (QED) is 0.843. The minimum atomic E-state index is -0.282. The Morgan fingerprint density at radius 1 is 1.27 bits per heavy atom. The molecule has 1 aliphatic rings. The van der Waals surface area contributed by atoms with Gasteiger partial charge in [-0.1, -0.05) is 6.07 Å². The van der Waals surface area contributed by atoms with Crippen molar-refractivity contribution in [2.24, 2.45) is 5.92 Å². The third-order valence-electron chi connectivity index (χ3n) is 3.99. The molecule has 1 heterocycles. The second kappa shape index (κ2) is 6.88. The Hall–Kier alpha value is -1.94. The molecule has 0 spiro atoms. The number of nitrogens with zero attached hydrogens (tertiary/aromatic N) is 1. The molecular formula is C18H21FN2O. The zero-order valence-corrected chi connectivity index (χ0v) is 12.8. The molecule has 0 amide bonds. The van der Waals surface area contributed by atoms with Gasteiger partial charge in [0.1, 0.15) is 0 Å². The Kier molecular flexibility index (Phi) is 4.68. The minimum absolute atomic E-state index is 0.0696. The summed E-state index contributed by atoms with van der Waals surface area (Å²) in [5.74, 6) is 0.702. The van der Waals surface area contributed by atoms with Gasteiger partial charge < -0.3 is 10.1 Å². The average Bonchev–Trinajstić information content (AvgIpc) is 3.36. The van der Waals surface area contributed by atoms with Crippen LogP contribution in [0.25, 0.3) is 0 Å². The van der Waals surface area contributed by atoms with Crippen molar-refractivity contribution in [3.05, 3.63) is 59.7 Å². The lowest BCUT2D eigenvalue weighted by molar-refractivity contribution is 0.285. The molecule has 0 saturated heterocycles. The SMILES string of the molecule is CC(NCc1ccncc1)c1ccc(OCC2CC2)c(F)c1. The molecule has 0 bridgehead atoms. The number of nitrogens with one attached hydrogen (secondary N) is 1. The fourth-order valence-corrected chi connectivity index (χ4v) is 2.29. The molecular weight excluding hydrogens is 279 g/mol. The molecule has 1 fully saturated rings. The molecule has 1 atom stereocenters. The van der Waals surface area contributed by atoms with Crippen LogP contribution >= 0.6 is 0 Å². The van der Waals surface area contributed by atoms with Gasteiger partial charge in [0, 0.05) is 25.0 Å². The fourth-order valence-electron chi connectivity index (χ4n) is 2.29. The molecule has 1 N–H and O–H groups in total. The lowest BCUT2D eigenvalue weighted by Crippen LogP contribution is -2.18. The Bertz CT molecular complexity index is 614. The molecule has 1 aliphatic carbocycles. The summed E-state index contributed by atoms with van der Waals surface area (Å²) in [6, 6.07) is 9.23. The minimum Gasteiger partial charge on any atom is -0.490 e. The number of hydrogen-bond donors (Lipinski definition) is 1. The number of halogens is 1. The van der Waals surface area contributed by atoms with Gasteiger partial charge in [-0.05, 0) is 61.1 Å². The topological polar surface area (TPSA) is 34.2 Å². The first-order valence-corrected chi connectivity index (χ1v) is 7.77. The van der Waals surface area contributed by atoms with Gasteiger partial charge in [-0.25, -0.2) is 4.39 Å². The maximum atomic E-state index is 14.1. The molecule has 0 radical (unpaired) electrons. The van der Waals surface area contributed by atoms with E-state index in [0.29, 0.717) is 18.3 Å². The third kappa shape index (κ3) is 4.04. The van der Waals surface area contributed by atoms with E-state index in [1.54, 1.807) is 24.5 Å². The molecule has 4 heteroatoms. The van der Waals surface area contributed by atoms with Crippen LogP contribution in [-0.2, 0) is 6.54 Å². The first-order chi connectivity index (χ1) is 10.7. The number of benzene rings is 1. The van der Waals surface area contributed by atoms with Crippen molar-refractivity contribution in [2.45, 2.75) is 32.4 Å². The van der Waals surface area contributed by atoms with Crippen LogP contribution in [0.3, 0.4) is 0 Å². The van der Waals surface area contributed by atoms with E-state index in [2.05, 4.69) is 10.3 Å². The molecule has 1 aromatic carbocycles. The van der Waals surface area contributed by atoms with Crippen molar-refractivity contribution in [1.29, 1.82) is 0 Å². The van der Waals surface area contributed by atoms with Gasteiger partial charge >= 0.3 is 0 Å². The second-order valence-electron chi connectivity index (χ2n) is 5.90. The van der Waals surface area contributed by atoms with Crippen molar-refractivity contribution in [3.8, 4) is 5.75 Å². The van der Waals surface area contributed by atoms with Crippen LogP contribution in [0, 0.1) is 11.7 Å². The number of aromatic nitrogens is 1. The van der Waals surface area contributed by atoms with Crippen LogP contribution in [0.2, 0.25) is 0 Å². The Morgan fingerprint density at radius 2 is 2.05 bits per heavy atom. The summed E-state index contributed by atoms with van der Waals surface area (Å²) in [6.07, 6.45) is 5.95. The maximum absolute atomic E-state index is 14.1. The van der Waals surface area contributed by atoms with E-state index < -0.39 is 0 Å². The Balaban J connectivity index is 1.57. The standard InChI is InChI=1S/C18H21FN2O/c1-13(21-11-14-6-8-20-9-7-14)16-4-5-18(17(19)10-16)22-12-15-2-3-15/h4-10,13,15,21H,2-3,11-12H2,1H3. The van der Waals surface area contributed by atoms with Crippen molar-refractivity contribution >= 4 is 0 Å². The van der Waals surface area contributed by atoms with Crippen molar-refractivity contribution in [2.75, 3.05) is 6.61 Å². The highest BCUT2D eigenvalue weighted by atomic mass is 19.1. The molecule has 3 nitrogen and oxygen atoms in total. The van der Waals surface area contributed by atoms with E-state index in [4.69, 9.17) is 4.74 Å². The summed E-state index contributed by atoms with van der Waals surface area (Å²) in [5, 5.41) is 3.39. The van der Waals surface area contributed by atoms with E-state index in [1.165, 1.54) is 12.8 Å². The maximum Gasteiger partial charge on any atom is 0.165 e. The van der Waals surface area contributed by atoms with Gasteiger partial charge in [0.25, 0.3) is 0 Å². The zero-order chi connectivity index (χ0) is 15.4. The van der Waals surface area contributed by atoms with Gasteiger partial charge in [-0.15, -0.1) is 0 Å². The summed E-state index contributed by atoms with van der Waals surface area (Å²) in [4.78, 5) is 3.99. The van der Waals surface area contributed by atoms with Gasteiger partial charge in [0.15, 0.2) is 11.6 Å². The van der Waals surface area contributed by atoms with Crippen LogP contribution in [0.1, 0.15) is 36.9 Å². The second-order valence-corrected chi connectivity index (χ2v) is 5.90. The first kappa shape index (κ1) is 15.0. The molecule has 116 valence electrons. The number of pyridine rings is 1. The molecule has 1 aromatic heterocycles.